The van der Waals surface area contributed by atoms with Crippen molar-refractivity contribution in [2.45, 2.75) is 32.6 Å². The highest BCUT2D eigenvalue weighted by Crippen LogP contribution is 2.25. The van der Waals surface area contributed by atoms with Crippen LogP contribution in [0.3, 0.4) is 0 Å². The molecule has 0 fully saturated rings. The van der Waals surface area contributed by atoms with Gasteiger partial charge >= 0.3 is 0 Å². The molecule has 9 nitrogen and oxygen atoms in total. The maximum Gasteiger partial charge on any atom is 0.261 e. The molecule has 1 aromatic carbocycles. The Bertz CT molecular complexity index is 1180. The van der Waals surface area contributed by atoms with Crippen molar-refractivity contribution < 1.29 is 26.7 Å². The van der Waals surface area contributed by atoms with Crippen molar-refractivity contribution in [3.05, 3.63) is 59.7 Å². The van der Waals surface area contributed by atoms with Crippen molar-refractivity contribution in [1.82, 2.24) is 10.1 Å². The molecule has 0 spiro atoms. The molecule has 0 aliphatic carbocycles. The third-order valence-electron chi connectivity index (χ3n) is 4.01. The average molecular weight is 465 g/mol. The Kier molecular flexibility index (Phi) is 7.70. The maximum atomic E-state index is 14.4. The zero-order valence-corrected chi connectivity index (χ0v) is 18.9. The van der Waals surface area contributed by atoms with Crippen molar-refractivity contribution in [3.8, 4) is 11.1 Å². The largest absolute Gasteiger partial charge is 0.384 e. The summed E-state index contributed by atoms with van der Waals surface area (Å²) in [7, 11) is -3.67. The summed E-state index contributed by atoms with van der Waals surface area (Å²) >= 11 is 0. The monoisotopic (exact) mass is 464 g/mol. The second-order valence-corrected chi connectivity index (χ2v) is 9.54. The molecule has 0 bridgehead atoms. The predicted molar refractivity (Wildman–Crippen MR) is 119 cm³/mol. The summed E-state index contributed by atoms with van der Waals surface area (Å²) in [4.78, 5) is 16.2. The lowest BCUT2D eigenvalue weighted by Gasteiger charge is -2.12. The minimum Gasteiger partial charge on any atom is -0.384 e. The molecule has 2 aromatic heterocycles. The molecule has 4 N–H and O–H groups in total. The Hall–Kier alpha value is -3.31. The predicted octanol–water partition coefficient (Wildman–Crippen LogP) is 3.44. The Morgan fingerprint density at radius 1 is 1.22 bits per heavy atom. The van der Waals surface area contributed by atoms with Crippen molar-refractivity contribution in [2.24, 2.45) is 0 Å². The Morgan fingerprint density at radius 2 is 1.88 bits per heavy atom. The zero-order chi connectivity index (χ0) is 24.1. The number of anilines is 2. The second-order valence-electron chi connectivity index (χ2n) is 8.07. The number of halogens is 1. The first-order chi connectivity index (χ1) is 14.7. The highest BCUT2D eigenvalue weighted by atomic mass is 32.2. The van der Waals surface area contributed by atoms with E-state index in [0.29, 0.717) is 40.3 Å². The molecular formula is C21H25FN4O5S. The maximum absolute atomic E-state index is 14.4. The Morgan fingerprint density at radius 3 is 2.38 bits per heavy atom. The fourth-order valence-electron chi connectivity index (χ4n) is 2.53. The number of carbonyl (C=O) groups is 1. The molecular weight excluding hydrogens is 439 g/mol. The zero-order valence-electron chi connectivity index (χ0n) is 18.1. The number of aromatic nitrogens is 2. The van der Waals surface area contributed by atoms with Crippen molar-refractivity contribution >= 4 is 27.7 Å². The van der Waals surface area contributed by atoms with E-state index >= 15 is 0 Å². The van der Waals surface area contributed by atoms with Gasteiger partial charge in [0.25, 0.3) is 10.1 Å². The van der Waals surface area contributed by atoms with E-state index in [1.807, 2.05) is 20.8 Å². The summed E-state index contributed by atoms with van der Waals surface area (Å²) in [6.07, 6.45) is 2.25. The van der Waals surface area contributed by atoms with Crippen LogP contribution in [0.2, 0.25) is 0 Å². The molecule has 0 unspecified atom stereocenters. The lowest BCUT2D eigenvalue weighted by molar-refractivity contribution is -0.115. The van der Waals surface area contributed by atoms with Crippen LogP contribution in [-0.2, 0) is 26.7 Å². The van der Waals surface area contributed by atoms with Gasteiger partial charge in [0, 0.05) is 28.8 Å². The highest BCUT2D eigenvalue weighted by molar-refractivity contribution is 7.85. The standard InChI is InChI=1S/C20H21FN4O2.CH4O3S/c1-20(2,3)16-10-18(25-27-16)24-19(26)9-12-4-6-14(15(21)8-12)13-5-7-17(22)23-11-13;1-5(2,3)4/h4-8,10-11H,9H2,1-3H3,(H2,22,23)(H,24,25,26);1H3,(H,2,3,4). The van der Waals surface area contributed by atoms with Gasteiger partial charge in [-0.1, -0.05) is 38.1 Å². The molecule has 172 valence electrons. The number of rotatable bonds is 4. The molecule has 3 rings (SSSR count). The van der Waals surface area contributed by atoms with Crippen LogP contribution in [0.15, 0.2) is 47.1 Å². The third-order valence-corrected chi connectivity index (χ3v) is 4.01. The second kappa shape index (κ2) is 9.88. The van der Waals surface area contributed by atoms with E-state index in [0.717, 1.165) is 0 Å². The third kappa shape index (κ3) is 8.08. The van der Waals surface area contributed by atoms with E-state index in [1.165, 1.54) is 12.3 Å². The van der Waals surface area contributed by atoms with E-state index in [-0.39, 0.29) is 17.7 Å². The van der Waals surface area contributed by atoms with E-state index in [4.69, 9.17) is 14.8 Å². The number of amides is 1. The van der Waals surface area contributed by atoms with Crippen molar-refractivity contribution in [2.75, 3.05) is 17.3 Å². The van der Waals surface area contributed by atoms with E-state index in [9.17, 15) is 17.6 Å². The van der Waals surface area contributed by atoms with Crippen LogP contribution in [0, 0.1) is 5.82 Å². The molecule has 0 saturated heterocycles. The van der Waals surface area contributed by atoms with Crippen LogP contribution in [0.5, 0.6) is 0 Å². The van der Waals surface area contributed by atoms with Crippen LogP contribution in [0.4, 0.5) is 16.0 Å². The first-order valence-electron chi connectivity index (χ1n) is 9.42. The fraction of sp³-hybridized carbons (Fsp3) is 0.286. The first kappa shape index (κ1) is 25.0. The van der Waals surface area contributed by atoms with Gasteiger partial charge in [0.2, 0.25) is 5.91 Å². The van der Waals surface area contributed by atoms with Gasteiger partial charge in [0.05, 0.1) is 12.7 Å². The van der Waals surface area contributed by atoms with E-state index in [1.54, 1.807) is 30.3 Å². The van der Waals surface area contributed by atoms with E-state index < -0.39 is 15.9 Å². The molecule has 3 aromatic rings. The molecule has 32 heavy (non-hydrogen) atoms. The molecule has 0 saturated carbocycles. The molecule has 11 heteroatoms. The number of carbonyl (C=O) groups excluding carboxylic acids is 1. The number of pyridine rings is 1. The van der Waals surface area contributed by atoms with Crippen LogP contribution in [0.1, 0.15) is 32.1 Å². The summed E-state index contributed by atoms with van der Waals surface area (Å²) < 4.78 is 45.5. The Balaban J connectivity index is 0.000000654. The van der Waals surface area contributed by atoms with Gasteiger partial charge < -0.3 is 15.6 Å². The molecule has 1 amide bonds. The summed E-state index contributed by atoms with van der Waals surface area (Å²) in [5, 5.41) is 6.51. The smallest absolute Gasteiger partial charge is 0.261 e. The Labute approximate surface area is 185 Å². The van der Waals surface area contributed by atoms with Gasteiger partial charge in [-0.15, -0.1) is 0 Å². The fourth-order valence-corrected chi connectivity index (χ4v) is 2.53. The summed E-state index contributed by atoms with van der Waals surface area (Å²) in [6.45, 7) is 5.96. The quantitative estimate of drug-likeness (QED) is 0.497. The van der Waals surface area contributed by atoms with E-state index in [2.05, 4.69) is 15.5 Å². The minimum absolute atomic E-state index is 0.0227. The van der Waals surface area contributed by atoms with Crippen LogP contribution in [-0.4, -0.2) is 35.3 Å². The van der Waals surface area contributed by atoms with Gasteiger partial charge in [0.1, 0.15) is 17.4 Å². The average Bonchev–Trinajstić information content (AvgIpc) is 3.10. The first-order valence-corrected chi connectivity index (χ1v) is 11.3. The topological polar surface area (TPSA) is 148 Å². The van der Waals surface area contributed by atoms with Gasteiger partial charge in [-0.3, -0.25) is 9.35 Å². The summed E-state index contributed by atoms with van der Waals surface area (Å²) in [6, 6.07) is 9.67. The molecule has 2 heterocycles. The van der Waals surface area contributed by atoms with Gasteiger partial charge in [-0.05, 0) is 23.8 Å². The number of hydrogen-bond acceptors (Lipinski definition) is 7. The number of nitrogens with two attached hydrogens (primary N) is 1. The molecule has 0 aliphatic heterocycles. The molecule has 0 atom stereocenters. The lowest BCUT2D eigenvalue weighted by atomic mass is 9.93. The normalized spacial score (nSPS) is 11.4. The van der Waals surface area contributed by atoms with Crippen molar-refractivity contribution in [1.29, 1.82) is 0 Å². The van der Waals surface area contributed by atoms with Crippen molar-refractivity contribution in [3.63, 3.8) is 0 Å². The highest BCUT2D eigenvalue weighted by Gasteiger charge is 2.20. The number of nitrogens with one attached hydrogen (secondary N) is 1. The minimum atomic E-state index is -3.67. The lowest BCUT2D eigenvalue weighted by Crippen LogP contribution is -2.15. The summed E-state index contributed by atoms with van der Waals surface area (Å²) in [5.74, 6) is 0.656. The van der Waals surface area contributed by atoms with Crippen LogP contribution < -0.4 is 11.1 Å². The molecule has 0 aliphatic rings. The van der Waals surface area contributed by atoms with Crippen LogP contribution in [0.25, 0.3) is 11.1 Å². The summed E-state index contributed by atoms with van der Waals surface area (Å²) in [5.41, 5.74) is 6.92. The van der Waals surface area contributed by atoms with Crippen LogP contribution >= 0.6 is 0 Å². The number of nitrogen functional groups attached to an aromatic ring is 1. The van der Waals surface area contributed by atoms with Gasteiger partial charge in [0.15, 0.2) is 5.82 Å². The molecule has 0 radical (unpaired) electrons. The van der Waals surface area contributed by atoms with Gasteiger partial charge in [-0.25, -0.2) is 9.37 Å². The van der Waals surface area contributed by atoms with Gasteiger partial charge in [-0.2, -0.15) is 8.42 Å². The number of benzene rings is 1. The SMILES string of the molecule is CC(C)(C)c1cc(NC(=O)Cc2ccc(-c3ccc(N)nc3)c(F)c2)no1.CS(=O)(=O)O. The number of nitrogens with zero attached hydrogens (tertiary/aromatic N) is 2. The number of hydrogen-bond donors (Lipinski definition) is 3.